The zero-order chi connectivity index (χ0) is 7.73. The van der Waals surface area contributed by atoms with Gasteiger partial charge in [-0.3, -0.25) is 0 Å². The van der Waals surface area contributed by atoms with E-state index in [1.165, 1.54) is 25.7 Å². The summed E-state index contributed by atoms with van der Waals surface area (Å²) in [5.41, 5.74) is 0.532. The van der Waals surface area contributed by atoms with Crippen LogP contribution in [0.1, 0.15) is 25.7 Å². The molecule has 0 unspecified atom stereocenters. The van der Waals surface area contributed by atoms with Crippen molar-refractivity contribution >= 4 is 0 Å². The van der Waals surface area contributed by atoms with Gasteiger partial charge in [0.25, 0.3) is 0 Å². The smallest absolute Gasteiger partial charge is 0.0469 e. The molecule has 0 spiro atoms. The molecule has 0 aromatic heterocycles. The summed E-state index contributed by atoms with van der Waals surface area (Å²) in [6.45, 7) is 1.96. The molecule has 1 aliphatic carbocycles. The van der Waals surface area contributed by atoms with Gasteiger partial charge >= 0.3 is 0 Å². The lowest BCUT2D eigenvalue weighted by molar-refractivity contribution is 0.0508. The van der Waals surface area contributed by atoms with E-state index in [-0.39, 0.29) is 0 Å². The van der Waals surface area contributed by atoms with E-state index in [0.29, 0.717) is 5.54 Å². The van der Waals surface area contributed by atoms with Gasteiger partial charge in [-0.25, -0.2) is 0 Å². The monoisotopic (exact) mass is 155 g/mol. The number of nitrogens with one attached hydrogen (secondary N) is 1. The highest BCUT2D eigenvalue weighted by molar-refractivity contribution is 5.06. The van der Waals surface area contributed by atoms with Gasteiger partial charge in [0.15, 0.2) is 0 Å². The van der Waals surface area contributed by atoms with Crippen LogP contribution in [0.4, 0.5) is 0 Å². The molecular formula is C9H17NO. The van der Waals surface area contributed by atoms with Gasteiger partial charge in [0.2, 0.25) is 0 Å². The first-order chi connectivity index (χ1) is 5.37. The highest BCUT2D eigenvalue weighted by Gasteiger charge is 2.47. The van der Waals surface area contributed by atoms with Crippen molar-refractivity contribution in [2.75, 3.05) is 20.3 Å². The predicted octanol–water partition coefficient (Wildman–Crippen LogP) is 1.16. The maximum atomic E-state index is 5.34. The van der Waals surface area contributed by atoms with E-state index in [9.17, 15) is 0 Å². The highest BCUT2D eigenvalue weighted by Crippen LogP contribution is 2.45. The van der Waals surface area contributed by atoms with Gasteiger partial charge in [-0.05, 0) is 38.6 Å². The van der Waals surface area contributed by atoms with E-state index in [1.54, 1.807) is 0 Å². The Hall–Kier alpha value is -0.0800. The molecule has 1 heterocycles. The molecule has 2 fully saturated rings. The third-order valence-corrected chi connectivity index (χ3v) is 3.29. The van der Waals surface area contributed by atoms with Crippen molar-refractivity contribution in [2.45, 2.75) is 31.2 Å². The Balaban J connectivity index is 1.92. The Kier molecular flexibility index (Phi) is 1.90. The minimum absolute atomic E-state index is 0.532. The summed E-state index contributed by atoms with van der Waals surface area (Å²) in [7, 11) is 2.10. The Morgan fingerprint density at radius 2 is 1.91 bits per heavy atom. The van der Waals surface area contributed by atoms with Crippen LogP contribution in [0.25, 0.3) is 0 Å². The van der Waals surface area contributed by atoms with Gasteiger partial charge in [-0.2, -0.15) is 0 Å². The van der Waals surface area contributed by atoms with E-state index in [2.05, 4.69) is 12.4 Å². The Morgan fingerprint density at radius 3 is 2.36 bits per heavy atom. The van der Waals surface area contributed by atoms with Crippen LogP contribution in [-0.2, 0) is 4.74 Å². The molecule has 2 aliphatic rings. The second-order valence-electron chi connectivity index (χ2n) is 3.79. The minimum atomic E-state index is 0.532. The number of hydrogen-bond acceptors (Lipinski definition) is 2. The SMILES string of the molecule is CNC1(C2CCOCC2)CC1. The molecule has 1 saturated carbocycles. The topological polar surface area (TPSA) is 21.3 Å². The molecule has 11 heavy (non-hydrogen) atoms. The first kappa shape index (κ1) is 7.56. The van der Waals surface area contributed by atoms with Crippen molar-refractivity contribution in [3.05, 3.63) is 0 Å². The standard InChI is InChI=1S/C9H17NO/c1-10-9(4-5-9)8-2-6-11-7-3-8/h8,10H,2-7H2,1H3. The normalized spacial score (nSPS) is 30.3. The summed E-state index contributed by atoms with van der Waals surface area (Å²) in [5.74, 6) is 0.890. The number of rotatable bonds is 2. The van der Waals surface area contributed by atoms with Crippen LogP contribution >= 0.6 is 0 Å². The zero-order valence-corrected chi connectivity index (χ0v) is 7.23. The molecule has 2 heteroatoms. The third kappa shape index (κ3) is 1.30. The number of ether oxygens (including phenoxy) is 1. The van der Waals surface area contributed by atoms with Gasteiger partial charge in [0.1, 0.15) is 0 Å². The molecule has 64 valence electrons. The largest absolute Gasteiger partial charge is 0.381 e. The molecule has 2 nitrogen and oxygen atoms in total. The number of hydrogen-bond donors (Lipinski definition) is 1. The molecule has 1 N–H and O–H groups in total. The van der Waals surface area contributed by atoms with E-state index in [0.717, 1.165) is 19.1 Å². The van der Waals surface area contributed by atoms with Crippen molar-refractivity contribution < 1.29 is 4.74 Å². The summed E-state index contributed by atoms with van der Waals surface area (Å²) in [6, 6.07) is 0. The van der Waals surface area contributed by atoms with Crippen molar-refractivity contribution in [1.82, 2.24) is 5.32 Å². The molecule has 2 rings (SSSR count). The molecule has 0 aromatic rings. The maximum Gasteiger partial charge on any atom is 0.0469 e. The van der Waals surface area contributed by atoms with Crippen LogP contribution in [0.15, 0.2) is 0 Å². The summed E-state index contributed by atoms with van der Waals surface area (Å²) in [4.78, 5) is 0. The van der Waals surface area contributed by atoms with Gasteiger partial charge in [-0.1, -0.05) is 0 Å². The zero-order valence-electron chi connectivity index (χ0n) is 7.23. The van der Waals surface area contributed by atoms with Crippen LogP contribution in [-0.4, -0.2) is 25.8 Å². The molecule has 0 amide bonds. The minimum Gasteiger partial charge on any atom is -0.381 e. The fourth-order valence-electron chi connectivity index (χ4n) is 2.25. The molecule has 0 radical (unpaired) electrons. The van der Waals surface area contributed by atoms with E-state index < -0.39 is 0 Å². The van der Waals surface area contributed by atoms with Crippen LogP contribution in [0, 0.1) is 5.92 Å². The Bertz CT molecular complexity index is 136. The van der Waals surface area contributed by atoms with Gasteiger partial charge in [0.05, 0.1) is 0 Å². The lowest BCUT2D eigenvalue weighted by atomic mass is 9.90. The van der Waals surface area contributed by atoms with Crippen molar-refractivity contribution in [3.63, 3.8) is 0 Å². The second-order valence-corrected chi connectivity index (χ2v) is 3.79. The highest BCUT2D eigenvalue weighted by atomic mass is 16.5. The Labute approximate surface area is 68.3 Å². The van der Waals surface area contributed by atoms with E-state index in [1.807, 2.05) is 0 Å². The van der Waals surface area contributed by atoms with Gasteiger partial charge < -0.3 is 10.1 Å². The molecule has 0 bridgehead atoms. The average molecular weight is 155 g/mol. The first-order valence-corrected chi connectivity index (χ1v) is 4.64. The molecule has 1 aliphatic heterocycles. The van der Waals surface area contributed by atoms with Gasteiger partial charge in [-0.15, -0.1) is 0 Å². The summed E-state index contributed by atoms with van der Waals surface area (Å²) < 4.78 is 5.34. The maximum absolute atomic E-state index is 5.34. The lowest BCUT2D eigenvalue weighted by Gasteiger charge is -2.30. The molecule has 1 saturated heterocycles. The summed E-state index contributed by atoms with van der Waals surface area (Å²) in [6.07, 6.45) is 5.30. The molecule has 0 aromatic carbocycles. The van der Waals surface area contributed by atoms with Crippen molar-refractivity contribution in [2.24, 2.45) is 5.92 Å². The predicted molar refractivity (Wildman–Crippen MR) is 44.6 cm³/mol. The summed E-state index contributed by atoms with van der Waals surface area (Å²) in [5, 5.41) is 3.47. The summed E-state index contributed by atoms with van der Waals surface area (Å²) >= 11 is 0. The van der Waals surface area contributed by atoms with Crippen LogP contribution in [0.3, 0.4) is 0 Å². The van der Waals surface area contributed by atoms with Crippen molar-refractivity contribution in [1.29, 1.82) is 0 Å². The lowest BCUT2D eigenvalue weighted by Crippen LogP contribution is -2.39. The van der Waals surface area contributed by atoms with E-state index in [4.69, 9.17) is 4.74 Å². The molecular weight excluding hydrogens is 138 g/mol. The quantitative estimate of drug-likeness (QED) is 0.646. The average Bonchev–Trinajstić information content (AvgIpc) is 2.86. The fourth-order valence-corrected chi connectivity index (χ4v) is 2.25. The van der Waals surface area contributed by atoms with Crippen LogP contribution in [0.5, 0.6) is 0 Å². The van der Waals surface area contributed by atoms with Gasteiger partial charge in [0, 0.05) is 18.8 Å². The molecule has 0 atom stereocenters. The fraction of sp³-hybridized carbons (Fsp3) is 1.00. The van der Waals surface area contributed by atoms with Crippen molar-refractivity contribution in [3.8, 4) is 0 Å². The van der Waals surface area contributed by atoms with Crippen LogP contribution in [0.2, 0.25) is 0 Å². The third-order valence-electron chi connectivity index (χ3n) is 3.29. The second kappa shape index (κ2) is 2.76. The first-order valence-electron chi connectivity index (χ1n) is 4.64. The van der Waals surface area contributed by atoms with Crippen LogP contribution < -0.4 is 5.32 Å². The Morgan fingerprint density at radius 1 is 1.27 bits per heavy atom. The van der Waals surface area contributed by atoms with E-state index >= 15 is 0 Å².